The number of carbonyl (C=O) groups excluding carboxylic acids is 1. The summed E-state index contributed by atoms with van der Waals surface area (Å²) >= 11 is 0. The zero-order chi connectivity index (χ0) is 12.8. The van der Waals surface area contributed by atoms with Crippen molar-refractivity contribution >= 4 is 11.6 Å². The second kappa shape index (κ2) is 4.08. The van der Waals surface area contributed by atoms with Crippen molar-refractivity contribution in [2.75, 3.05) is 5.32 Å². The van der Waals surface area contributed by atoms with E-state index in [0.29, 0.717) is 5.92 Å². The maximum Gasteiger partial charge on any atom is 0.230 e. The van der Waals surface area contributed by atoms with Crippen molar-refractivity contribution < 1.29 is 4.79 Å². The summed E-state index contributed by atoms with van der Waals surface area (Å²) in [7, 11) is 0. The highest BCUT2D eigenvalue weighted by atomic mass is 16.2. The number of aromatic nitrogens is 1. The fraction of sp³-hybridized carbons (Fsp3) is 0.600. The van der Waals surface area contributed by atoms with Gasteiger partial charge in [-0.25, -0.2) is 0 Å². The molecule has 1 aromatic heterocycles. The molecule has 2 saturated carbocycles. The summed E-state index contributed by atoms with van der Waals surface area (Å²) in [6.45, 7) is 4.01. The highest BCUT2D eigenvalue weighted by molar-refractivity contribution is 5.97. The number of hydrogen-bond donors (Lipinski definition) is 1. The number of hydrogen-bond acceptors (Lipinski definition) is 2. The van der Waals surface area contributed by atoms with E-state index in [2.05, 4.69) is 10.3 Å². The topological polar surface area (TPSA) is 42.0 Å². The number of anilines is 1. The molecule has 3 rings (SSSR count). The Labute approximate surface area is 108 Å². The van der Waals surface area contributed by atoms with Crippen LogP contribution in [-0.2, 0) is 4.79 Å². The first-order valence-corrected chi connectivity index (χ1v) is 6.86. The van der Waals surface area contributed by atoms with Crippen LogP contribution >= 0.6 is 0 Å². The molecule has 0 spiro atoms. The Balaban J connectivity index is 1.73. The van der Waals surface area contributed by atoms with Gasteiger partial charge in [0.1, 0.15) is 0 Å². The number of amides is 1. The third-order valence-corrected chi connectivity index (χ3v) is 4.71. The van der Waals surface area contributed by atoms with Gasteiger partial charge < -0.3 is 5.32 Å². The third-order valence-electron chi connectivity index (χ3n) is 4.71. The molecule has 0 aromatic carbocycles. The molecule has 2 aliphatic rings. The number of nitrogens with zero attached hydrogens (tertiary/aromatic N) is 1. The van der Waals surface area contributed by atoms with Crippen LogP contribution in [0.25, 0.3) is 0 Å². The molecule has 0 bridgehead atoms. The molecule has 1 amide bonds. The number of pyridine rings is 1. The number of fused-ring (bicyclic) bond motifs is 1. The van der Waals surface area contributed by atoms with Crippen LogP contribution in [0, 0.1) is 25.2 Å². The van der Waals surface area contributed by atoms with Crippen molar-refractivity contribution in [2.45, 2.75) is 46.0 Å². The number of rotatable bonds is 2. The maximum absolute atomic E-state index is 12.4. The first-order chi connectivity index (χ1) is 8.62. The molecule has 1 heterocycles. The normalized spacial score (nSPS) is 29.6. The van der Waals surface area contributed by atoms with Crippen molar-refractivity contribution in [1.29, 1.82) is 0 Å². The van der Waals surface area contributed by atoms with Gasteiger partial charge in [0.2, 0.25) is 5.91 Å². The Morgan fingerprint density at radius 2 is 2.28 bits per heavy atom. The van der Waals surface area contributed by atoms with E-state index in [1.807, 2.05) is 19.9 Å². The lowest BCUT2D eigenvalue weighted by molar-refractivity contribution is -0.122. The van der Waals surface area contributed by atoms with E-state index in [0.717, 1.165) is 29.8 Å². The molecular formula is C15H20N2O. The summed E-state index contributed by atoms with van der Waals surface area (Å²) in [5, 5.41) is 3.06. The van der Waals surface area contributed by atoms with Crippen LogP contribution in [0.15, 0.2) is 12.3 Å². The first kappa shape index (κ1) is 11.7. The molecule has 2 aliphatic carbocycles. The van der Waals surface area contributed by atoms with Crippen molar-refractivity contribution in [3.05, 3.63) is 23.5 Å². The van der Waals surface area contributed by atoms with E-state index in [-0.39, 0.29) is 11.3 Å². The average Bonchev–Trinajstić information content (AvgIpc) is 3.09. The summed E-state index contributed by atoms with van der Waals surface area (Å²) in [5.41, 5.74) is 2.96. The van der Waals surface area contributed by atoms with Gasteiger partial charge in [-0.15, -0.1) is 0 Å². The lowest BCUT2D eigenvalue weighted by atomic mass is 9.87. The quantitative estimate of drug-likeness (QED) is 0.868. The average molecular weight is 244 g/mol. The molecular weight excluding hydrogens is 224 g/mol. The standard InChI is InChI=1S/C15H20N2O/c1-10-7-13(9-16-11(10)2)17-14(18)15-6-4-3-5-12(15)8-15/h7,9,12H,3-6,8H2,1-2H3,(H,17,18). The van der Waals surface area contributed by atoms with Gasteiger partial charge in [-0.1, -0.05) is 12.8 Å². The SMILES string of the molecule is Cc1cc(NC(=O)C23CCCCC2C3)cnc1C. The zero-order valence-electron chi connectivity index (χ0n) is 11.1. The van der Waals surface area contributed by atoms with E-state index in [1.54, 1.807) is 6.20 Å². The van der Waals surface area contributed by atoms with Gasteiger partial charge in [-0.3, -0.25) is 9.78 Å². The molecule has 3 nitrogen and oxygen atoms in total. The van der Waals surface area contributed by atoms with E-state index < -0.39 is 0 Å². The number of nitrogens with one attached hydrogen (secondary N) is 1. The fourth-order valence-electron chi connectivity index (χ4n) is 3.26. The van der Waals surface area contributed by atoms with Gasteiger partial charge >= 0.3 is 0 Å². The lowest BCUT2D eigenvalue weighted by Crippen LogP contribution is -2.27. The van der Waals surface area contributed by atoms with Gasteiger partial charge in [-0.2, -0.15) is 0 Å². The Morgan fingerprint density at radius 3 is 3.00 bits per heavy atom. The second-order valence-electron chi connectivity index (χ2n) is 5.88. The van der Waals surface area contributed by atoms with E-state index in [4.69, 9.17) is 0 Å². The van der Waals surface area contributed by atoms with E-state index in [9.17, 15) is 4.79 Å². The predicted molar refractivity (Wildman–Crippen MR) is 71.3 cm³/mol. The zero-order valence-corrected chi connectivity index (χ0v) is 11.1. The van der Waals surface area contributed by atoms with Gasteiger partial charge in [0.25, 0.3) is 0 Å². The van der Waals surface area contributed by atoms with Crippen LogP contribution in [0.1, 0.15) is 43.4 Å². The summed E-state index contributed by atoms with van der Waals surface area (Å²) in [6, 6.07) is 2.01. The van der Waals surface area contributed by atoms with E-state index >= 15 is 0 Å². The fourth-order valence-corrected chi connectivity index (χ4v) is 3.26. The molecule has 1 aromatic rings. The van der Waals surface area contributed by atoms with Crippen molar-refractivity contribution in [1.82, 2.24) is 4.98 Å². The Kier molecular flexibility index (Phi) is 2.65. The summed E-state index contributed by atoms with van der Waals surface area (Å²) in [5.74, 6) is 0.864. The third kappa shape index (κ3) is 1.82. The highest BCUT2D eigenvalue weighted by Crippen LogP contribution is 2.61. The first-order valence-electron chi connectivity index (χ1n) is 6.86. The van der Waals surface area contributed by atoms with Crippen LogP contribution in [0.3, 0.4) is 0 Å². The van der Waals surface area contributed by atoms with Crippen molar-refractivity contribution in [3.8, 4) is 0 Å². The Hall–Kier alpha value is -1.38. The van der Waals surface area contributed by atoms with Gasteiger partial charge in [0.05, 0.1) is 17.3 Å². The highest BCUT2D eigenvalue weighted by Gasteiger charge is 2.59. The number of aryl methyl sites for hydroxylation is 2. The van der Waals surface area contributed by atoms with Crippen molar-refractivity contribution in [2.24, 2.45) is 11.3 Å². The molecule has 2 atom stereocenters. The predicted octanol–water partition coefficient (Wildman–Crippen LogP) is 3.22. The van der Waals surface area contributed by atoms with Crippen LogP contribution in [-0.4, -0.2) is 10.9 Å². The molecule has 1 N–H and O–H groups in total. The molecule has 0 radical (unpaired) electrons. The minimum absolute atomic E-state index is 0.0307. The van der Waals surface area contributed by atoms with Crippen molar-refractivity contribution in [3.63, 3.8) is 0 Å². The summed E-state index contributed by atoms with van der Waals surface area (Å²) < 4.78 is 0. The lowest BCUT2D eigenvalue weighted by Gasteiger charge is -2.21. The second-order valence-corrected chi connectivity index (χ2v) is 5.88. The van der Waals surface area contributed by atoms with Crippen LogP contribution in [0.2, 0.25) is 0 Å². The van der Waals surface area contributed by atoms with Crippen LogP contribution < -0.4 is 5.32 Å². The molecule has 3 heteroatoms. The van der Waals surface area contributed by atoms with E-state index in [1.165, 1.54) is 19.3 Å². The Morgan fingerprint density at radius 1 is 1.44 bits per heavy atom. The van der Waals surface area contributed by atoms with Crippen LogP contribution in [0.5, 0.6) is 0 Å². The number of carbonyl (C=O) groups is 1. The molecule has 18 heavy (non-hydrogen) atoms. The van der Waals surface area contributed by atoms with Gasteiger partial charge in [0, 0.05) is 5.69 Å². The maximum atomic E-state index is 12.4. The molecule has 96 valence electrons. The van der Waals surface area contributed by atoms with Gasteiger partial charge in [0.15, 0.2) is 0 Å². The Bertz CT molecular complexity index is 497. The molecule has 2 fully saturated rings. The molecule has 0 saturated heterocycles. The summed E-state index contributed by atoms with van der Waals surface area (Å²) in [6.07, 6.45) is 7.66. The molecule has 0 aliphatic heterocycles. The van der Waals surface area contributed by atoms with Gasteiger partial charge in [-0.05, 0) is 50.7 Å². The molecule has 2 unspecified atom stereocenters. The van der Waals surface area contributed by atoms with Crippen LogP contribution in [0.4, 0.5) is 5.69 Å². The minimum atomic E-state index is -0.0307. The monoisotopic (exact) mass is 244 g/mol. The summed E-state index contributed by atoms with van der Waals surface area (Å²) in [4.78, 5) is 16.7. The largest absolute Gasteiger partial charge is 0.324 e. The smallest absolute Gasteiger partial charge is 0.230 e. The minimum Gasteiger partial charge on any atom is -0.324 e.